The molecule has 1 aliphatic heterocycles. The second-order valence-corrected chi connectivity index (χ2v) is 6.11. The maximum absolute atomic E-state index is 12.3. The van der Waals surface area contributed by atoms with Crippen LogP contribution in [-0.4, -0.2) is 75.1 Å². The number of hydrogen-bond acceptors (Lipinski definition) is 5. The molecule has 0 spiro atoms. The molecular weight excluding hydrogens is 326 g/mol. The minimum Gasteiger partial charge on any atom is -0.473 e. The Labute approximate surface area is 146 Å². The molecule has 8 nitrogen and oxygen atoms in total. The maximum atomic E-state index is 12.3. The molecule has 1 saturated carbocycles. The first kappa shape index (κ1) is 18.9. The normalized spacial score (nSPS) is 18.3. The van der Waals surface area contributed by atoms with Crippen LogP contribution < -0.4 is 0 Å². The van der Waals surface area contributed by atoms with Crippen molar-refractivity contribution in [3.05, 3.63) is 30.1 Å². The topological polar surface area (TPSA) is 111 Å². The molecule has 2 heterocycles. The fourth-order valence-corrected chi connectivity index (χ4v) is 3.24. The van der Waals surface area contributed by atoms with E-state index in [2.05, 4.69) is 9.88 Å². The molecule has 2 fully saturated rings. The predicted molar refractivity (Wildman–Crippen MR) is 89.2 cm³/mol. The molecule has 1 amide bonds. The highest BCUT2D eigenvalue weighted by atomic mass is 16.4. The van der Waals surface area contributed by atoms with Crippen molar-refractivity contribution >= 4 is 17.8 Å². The number of nitrogens with zero attached hydrogens (tertiary/aromatic N) is 3. The molecule has 2 N–H and O–H groups in total. The molecule has 0 aromatic carbocycles. The summed E-state index contributed by atoms with van der Waals surface area (Å²) in [4.78, 5) is 39.0. The number of pyridine rings is 1. The van der Waals surface area contributed by atoms with Crippen molar-refractivity contribution < 1.29 is 24.6 Å². The van der Waals surface area contributed by atoms with E-state index >= 15 is 0 Å². The highest BCUT2D eigenvalue weighted by molar-refractivity contribution is 6.27. The Hall–Kier alpha value is -2.48. The van der Waals surface area contributed by atoms with Gasteiger partial charge in [0.15, 0.2) is 0 Å². The molecular formula is C17H23N3O5. The number of hydrogen-bond donors (Lipinski definition) is 2. The zero-order valence-electron chi connectivity index (χ0n) is 14.0. The maximum Gasteiger partial charge on any atom is 0.414 e. The summed E-state index contributed by atoms with van der Waals surface area (Å²) in [7, 11) is 0. The van der Waals surface area contributed by atoms with Crippen molar-refractivity contribution in [2.45, 2.75) is 31.7 Å². The van der Waals surface area contributed by atoms with Crippen molar-refractivity contribution in [2.24, 2.45) is 0 Å². The molecule has 1 aromatic rings. The van der Waals surface area contributed by atoms with Crippen molar-refractivity contribution in [1.29, 1.82) is 0 Å². The summed E-state index contributed by atoms with van der Waals surface area (Å²) in [6, 6.07) is 4.37. The minimum absolute atomic E-state index is 0.147. The third-order valence-electron chi connectivity index (χ3n) is 4.55. The lowest BCUT2D eigenvalue weighted by Gasteiger charge is -2.38. The van der Waals surface area contributed by atoms with Crippen molar-refractivity contribution in [3.63, 3.8) is 0 Å². The van der Waals surface area contributed by atoms with Gasteiger partial charge in [0, 0.05) is 50.2 Å². The molecule has 0 unspecified atom stereocenters. The lowest BCUT2D eigenvalue weighted by Crippen LogP contribution is -2.51. The van der Waals surface area contributed by atoms with E-state index in [1.165, 1.54) is 25.7 Å². The molecule has 0 atom stereocenters. The number of carbonyl (C=O) groups is 3. The van der Waals surface area contributed by atoms with E-state index in [1.807, 2.05) is 4.90 Å². The van der Waals surface area contributed by atoms with E-state index in [0.717, 1.165) is 37.8 Å². The van der Waals surface area contributed by atoms with E-state index in [1.54, 1.807) is 24.5 Å². The van der Waals surface area contributed by atoms with Gasteiger partial charge in [-0.3, -0.25) is 14.7 Å². The molecule has 1 aromatic heterocycles. The lowest BCUT2D eigenvalue weighted by molar-refractivity contribution is -0.159. The van der Waals surface area contributed by atoms with Crippen LogP contribution in [0.5, 0.6) is 0 Å². The SMILES string of the molecule is O=C(O)C(=O)O.O=C(c1ccncc1)N1CCN(C2CCCC2)CC1. The van der Waals surface area contributed by atoms with E-state index < -0.39 is 11.9 Å². The summed E-state index contributed by atoms with van der Waals surface area (Å²) in [5.41, 5.74) is 0.754. The number of aromatic nitrogens is 1. The Morgan fingerprint density at radius 3 is 1.92 bits per heavy atom. The largest absolute Gasteiger partial charge is 0.473 e. The fraction of sp³-hybridized carbons (Fsp3) is 0.529. The number of amides is 1. The van der Waals surface area contributed by atoms with Gasteiger partial charge in [-0.25, -0.2) is 9.59 Å². The van der Waals surface area contributed by atoms with Crippen LogP contribution >= 0.6 is 0 Å². The molecule has 0 radical (unpaired) electrons. The third-order valence-corrected chi connectivity index (χ3v) is 4.55. The van der Waals surface area contributed by atoms with Gasteiger partial charge in [0.1, 0.15) is 0 Å². The first-order valence-electron chi connectivity index (χ1n) is 8.38. The number of carboxylic acids is 2. The smallest absolute Gasteiger partial charge is 0.414 e. The highest BCUT2D eigenvalue weighted by Gasteiger charge is 2.28. The van der Waals surface area contributed by atoms with E-state index in [0.29, 0.717) is 0 Å². The van der Waals surface area contributed by atoms with Crippen molar-refractivity contribution in [2.75, 3.05) is 26.2 Å². The zero-order chi connectivity index (χ0) is 18.2. The van der Waals surface area contributed by atoms with Crippen LogP contribution in [0.1, 0.15) is 36.0 Å². The summed E-state index contributed by atoms with van der Waals surface area (Å²) in [5, 5.41) is 14.8. The van der Waals surface area contributed by atoms with Gasteiger partial charge < -0.3 is 15.1 Å². The third kappa shape index (κ3) is 5.53. The van der Waals surface area contributed by atoms with Gasteiger partial charge in [0.2, 0.25) is 0 Å². The summed E-state index contributed by atoms with van der Waals surface area (Å²) in [5.74, 6) is -3.50. The Kier molecular flexibility index (Phi) is 6.88. The van der Waals surface area contributed by atoms with Gasteiger partial charge in [0.25, 0.3) is 5.91 Å². The monoisotopic (exact) mass is 349 g/mol. The molecule has 2 aliphatic rings. The molecule has 1 aliphatic carbocycles. The number of aliphatic carboxylic acids is 2. The van der Waals surface area contributed by atoms with Gasteiger partial charge >= 0.3 is 11.9 Å². The van der Waals surface area contributed by atoms with Gasteiger partial charge in [-0.05, 0) is 25.0 Å². The number of carboxylic acid groups (broad SMARTS) is 2. The van der Waals surface area contributed by atoms with Gasteiger partial charge in [0.05, 0.1) is 0 Å². The summed E-state index contributed by atoms with van der Waals surface area (Å²) in [6.07, 6.45) is 8.81. The van der Waals surface area contributed by atoms with Crippen LogP contribution in [0.25, 0.3) is 0 Å². The van der Waals surface area contributed by atoms with Gasteiger partial charge in [-0.2, -0.15) is 0 Å². The standard InChI is InChI=1S/C15H21N3O.C2H2O4/c19-15(13-5-7-16-8-6-13)18-11-9-17(10-12-18)14-3-1-2-4-14;3-1(4)2(5)6/h5-8,14H,1-4,9-12H2;(H,3,4)(H,5,6). The molecule has 3 rings (SSSR count). The average Bonchev–Trinajstić information content (AvgIpc) is 3.17. The van der Waals surface area contributed by atoms with Crippen LogP contribution in [0.3, 0.4) is 0 Å². The first-order valence-corrected chi connectivity index (χ1v) is 8.38. The highest BCUT2D eigenvalue weighted by Crippen LogP contribution is 2.24. The van der Waals surface area contributed by atoms with Crippen molar-refractivity contribution in [1.82, 2.24) is 14.8 Å². The van der Waals surface area contributed by atoms with Crippen LogP contribution in [0.15, 0.2) is 24.5 Å². The Morgan fingerprint density at radius 2 is 1.44 bits per heavy atom. The Bertz CT molecular complexity index is 582. The van der Waals surface area contributed by atoms with Crippen LogP contribution in [0.4, 0.5) is 0 Å². The summed E-state index contributed by atoms with van der Waals surface area (Å²) in [6.45, 7) is 3.78. The van der Waals surface area contributed by atoms with Crippen LogP contribution in [-0.2, 0) is 9.59 Å². The molecule has 1 saturated heterocycles. The molecule has 136 valence electrons. The van der Waals surface area contributed by atoms with E-state index in [4.69, 9.17) is 19.8 Å². The second kappa shape index (κ2) is 9.12. The van der Waals surface area contributed by atoms with E-state index in [9.17, 15) is 4.79 Å². The van der Waals surface area contributed by atoms with Gasteiger partial charge in [-0.15, -0.1) is 0 Å². The number of piperazine rings is 1. The summed E-state index contributed by atoms with van der Waals surface area (Å²) >= 11 is 0. The molecule has 0 bridgehead atoms. The minimum atomic E-state index is -1.82. The molecule has 25 heavy (non-hydrogen) atoms. The second-order valence-electron chi connectivity index (χ2n) is 6.11. The van der Waals surface area contributed by atoms with Crippen LogP contribution in [0.2, 0.25) is 0 Å². The summed E-state index contributed by atoms with van der Waals surface area (Å²) < 4.78 is 0. The first-order chi connectivity index (χ1) is 12.0. The Morgan fingerprint density at radius 1 is 0.920 bits per heavy atom. The van der Waals surface area contributed by atoms with Gasteiger partial charge in [-0.1, -0.05) is 12.8 Å². The lowest BCUT2D eigenvalue weighted by atomic mass is 10.1. The van der Waals surface area contributed by atoms with E-state index in [-0.39, 0.29) is 5.91 Å². The molecule has 8 heteroatoms. The van der Waals surface area contributed by atoms with Crippen LogP contribution in [0, 0.1) is 0 Å². The van der Waals surface area contributed by atoms with Crippen molar-refractivity contribution in [3.8, 4) is 0 Å². The fourth-order valence-electron chi connectivity index (χ4n) is 3.24. The zero-order valence-corrected chi connectivity index (χ0v) is 14.0. The quantitative estimate of drug-likeness (QED) is 0.764. The average molecular weight is 349 g/mol. The predicted octanol–water partition coefficient (Wildman–Crippen LogP) is 0.938. The number of carbonyl (C=O) groups excluding carboxylic acids is 1. The number of rotatable bonds is 2. The Balaban J connectivity index is 0.000000326.